The van der Waals surface area contributed by atoms with Crippen LogP contribution in [0.3, 0.4) is 0 Å². The van der Waals surface area contributed by atoms with Crippen molar-refractivity contribution in [2.75, 3.05) is 7.11 Å². The Morgan fingerprint density at radius 1 is 1.38 bits per heavy atom. The second-order valence-electron chi connectivity index (χ2n) is 5.54. The van der Waals surface area contributed by atoms with Crippen molar-refractivity contribution in [2.24, 2.45) is 11.3 Å². The van der Waals surface area contributed by atoms with Crippen LogP contribution in [0.2, 0.25) is 5.02 Å². The van der Waals surface area contributed by atoms with Crippen LogP contribution < -0.4 is 4.74 Å². The lowest BCUT2D eigenvalue weighted by Crippen LogP contribution is -2.15. The molecule has 1 saturated carbocycles. The summed E-state index contributed by atoms with van der Waals surface area (Å²) in [6, 6.07) is 4.42. The van der Waals surface area contributed by atoms with Gasteiger partial charge in [0.2, 0.25) is 0 Å². The molecule has 0 amide bonds. The van der Waals surface area contributed by atoms with Crippen LogP contribution in [0.25, 0.3) is 0 Å². The van der Waals surface area contributed by atoms with E-state index in [1.165, 1.54) is 19.2 Å². The van der Waals surface area contributed by atoms with Crippen LogP contribution in [0.15, 0.2) is 18.2 Å². The minimum atomic E-state index is -3.82. The van der Waals surface area contributed by atoms with E-state index in [9.17, 15) is 13.6 Å². The molecule has 1 aromatic carbocycles. The van der Waals surface area contributed by atoms with E-state index in [4.69, 9.17) is 27.9 Å². The van der Waals surface area contributed by atoms with E-state index in [0.717, 1.165) is 5.56 Å². The van der Waals surface area contributed by atoms with Crippen LogP contribution in [-0.2, 0) is 9.53 Å². The Labute approximate surface area is 131 Å². The number of hydrogen-bond donors (Lipinski definition) is 0. The normalized spacial score (nSPS) is 23.6. The fourth-order valence-electron chi connectivity index (χ4n) is 2.74. The van der Waals surface area contributed by atoms with Gasteiger partial charge in [-0.25, -0.2) is 0 Å². The molecule has 0 radical (unpaired) electrons. The predicted octanol–water partition coefficient (Wildman–Crippen LogP) is 4.42. The Hall–Kier alpha value is -1.07. The van der Waals surface area contributed by atoms with Crippen molar-refractivity contribution in [1.29, 1.82) is 0 Å². The van der Waals surface area contributed by atoms with Gasteiger partial charge in [0.05, 0.1) is 18.1 Å². The third-order valence-corrected chi connectivity index (χ3v) is 4.20. The number of esters is 1. The van der Waals surface area contributed by atoms with E-state index in [1.54, 1.807) is 6.07 Å². The van der Waals surface area contributed by atoms with E-state index in [2.05, 4.69) is 4.74 Å². The highest BCUT2D eigenvalue weighted by Gasteiger charge is 2.63. The first-order chi connectivity index (χ1) is 9.58. The number of carbonyl (C=O) groups is 1. The summed E-state index contributed by atoms with van der Waals surface area (Å²) in [5.74, 6) is -0.866. The van der Waals surface area contributed by atoms with Crippen molar-refractivity contribution in [2.45, 2.75) is 25.3 Å². The summed E-state index contributed by atoms with van der Waals surface area (Å²) in [5, 5.41) is 0.0131. The number of methoxy groups -OCH3 is 1. The zero-order valence-corrected chi connectivity index (χ0v) is 13.1. The molecule has 0 aromatic heterocycles. The molecule has 1 fully saturated rings. The Balaban J connectivity index is 2.24. The number of hydrogen-bond acceptors (Lipinski definition) is 3. The summed E-state index contributed by atoms with van der Waals surface area (Å²) in [6.07, 6.45) is 0. The van der Waals surface area contributed by atoms with Gasteiger partial charge in [0, 0.05) is 17.5 Å². The van der Waals surface area contributed by atoms with Crippen molar-refractivity contribution in [3.05, 3.63) is 28.8 Å². The first-order valence-electron chi connectivity index (χ1n) is 6.21. The van der Waals surface area contributed by atoms with E-state index in [-0.39, 0.29) is 34.0 Å². The largest absolute Gasteiger partial charge is 0.487 e. The zero-order valence-electron chi connectivity index (χ0n) is 11.6. The molecular weight excluding hydrogens is 325 g/mol. The van der Waals surface area contributed by atoms with Gasteiger partial charge in [-0.15, -0.1) is 8.78 Å². The number of halogens is 4. The van der Waals surface area contributed by atoms with Gasteiger partial charge < -0.3 is 9.47 Å². The molecule has 0 heterocycles. The monoisotopic (exact) mass is 338 g/mol. The molecule has 1 aromatic rings. The minimum Gasteiger partial charge on any atom is -0.469 e. The van der Waals surface area contributed by atoms with Crippen LogP contribution in [0.1, 0.15) is 25.3 Å². The van der Waals surface area contributed by atoms with E-state index >= 15 is 0 Å². The smallest absolute Gasteiger partial charge is 0.469 e. The molecule has 1 aliphatic rings. The Kier molecular flexibility index (Phi) is 4.10. The Bertz CT molecular complexity index is 570. The molecular formula is C14H14Cl2F2O3. The Morgan fingerprint density at radius 2 is 2.00 bits per heavy atom. The SMILES string of the molecule is COC(=O)C1C(c2ccc(OC(F)(F)Cl)c(Cl)c2)C1(C)C. The maximum Gasteiger partial charge on any atom is 0.487 e. The maximum atomic E-state index is 12.6. The van der Waals surface area contributed by atoms with Crippen LogP contribution in [-0.4, -0.2) is 18.6 Å². The van der Waals surface area contributed by atoms with Crippen molar-refractivity contribution < 1.29 is 23.0 Å². The molecule has 116 valence electrons. The van der Waals surface area contributed by atoms with Gasteiger partial charge in [0.15, 0.2) is 0 Å². The molecule has 1 aliphatic carbocycles. The van der Waals surface area contributed by atoms with Crippen molar-refractivity contribution in [3.63, 3.8) is 0 Å². The lowest BCUT2D eigenvalue weighted by molar-refractivity contribution is -0.143. The predicted molar refractivity (Wildman–Crippen MR) is 74.9 cm³/mol. The topological polar surface area (TPSA) is 35.5 Å². The van der Waals surface area contributed by atoms with Gasteiger partial charge in [-0.2, -0.15) is 0 Å². The summed E-state index contributed by atoms with van der Waals surface area (Å²) in [6.45, 7) is 3.87. The quantitative estimate of drug-likeness (QED) is 0.602. The number of benzene rings is 1. The third-order valence-electron chi connectivity index (χ3n) is 3.82. The number of ether oxygens (including phenoxy) is 2. The molecule has 0 spiro atoms. The summed E-state index contributed by atoms with van der Waals surface area (Å²) in [5.41, 5.74) is -3.32. The standard InChI is InChI=1S/C14H14Cl2F2O3/c1-13(2)10(11(13)12(19)20-3)7-4-5-9(8(15)6-7)21-14(16,17)18/h4-6,10-11H,1-3H3. The Morgan fingerprint density at radius 3 is 2.48 bits per heavy atom. The molecule has 0 aliphatic heterocycles. The van der Waals surface area contributed by atoms with Crippen LogP contribution in [0, 0.1) is 11.3 Å². The van der Waals surface area contributed by atoms with Gasteiger partial charge in [0.1, 0.15) is 5.75 Å². The second-order valence-corrected chi connectivity index (χ2v) is 6.38. The molecule has 2 rings (SSSR count). The third kappa shape index (κ3) is 3.24. The van der Waals surface area contributed by atoms with E-state index in [1.807, 2.05) is 13.8 Å². The summed E-state index contributed by atoms with van der Waals surface area (Å²) in [4.78, 5) is 11.7. The molecule has 7 heteroatoms. The van der Waals surface area contributed by atoms with E-state index < -0.39 is 5.57 Å². The number of alkyl halides is 3. The van der Waals surface area contributed by atoms with Gasteiger partial charge >= 0.3 is 11.5 Å². The lowest BCUT2D eigenvalue weighted by Gasteiger charge is -2.13. The molecule has 2 atom stereocenters. The van der Waals surface area contributed by atoms with Crippen molar-refractivity contribution >= 4 is 29.2 Å². The number of carbonyl (C=O) groups excluding carboxylic acids is 1. The minimum absolute atomic E-state index is 0.0131. The van der Waals surface area contributed by atoms with Gasteiger partial charge in [-0.3, -0.25) is 4.79 Å². The molecule has 0 bridgehead atoms. The highest BCUT2D eigenvalue weighted by Crippen LogP contribution is 2.65. The fourth-order valence-corrected chi connectivity index (χ4v) is 3.06. The van der Waals surface area contributed by atoms with Crippen molar-refractivity contribution in [1.82, 2.24) is 0 Å². The van der Waals surface area contributed by atoms with Gasteiger partial charge in [0.25, 0.3) is 0 Å². The van der Waals surface area contributed by atoms with Crippen LogP contribution >= 0.6 is 23.2 Å². The summed E-state index contributed by atoms with van der Waals surface area (Å²) >= 11 is 10.6. The van der Waals surface area contributed by atoms with Crippen molar-refractivity contribution in [3.8, 4) is 5.75 Å². The first-order valence-corrected chi connectivity index (χ1v) is 6.96. The molecule has 0 N–H and O–H groups in total. The average molecular weight is 339 g/mol. The highest BCUT2D eigenvalue weighted by atomic mass is 35.5. The average Bonchev–Trinajstić information content (AvgIpc) is 2.92. The maximum absolute atomic E-state index is 12.6. The first kappa shape index (κ1) is 16.3. The number of rotatable bonds is 4. The lowest BCUT2D eigenvalue weighted by atomic mass is 10.0. The summed E-state index contributed by atoms with van der Waals surface area (Å²) < 4.78 is 34.3. The zero-order chi connectivity index (χ0) is 16.0. The molecule has 21 heavy (non-hydrogen) atoms. The molecule has 3 nitrogen and oxygen atoms in total. The highest BCUT2D eigenvalue weighted by molar-refractivity contribution is 6.32. The summed E-state index contributed by atoms with van der Waals surface area (Å²) in [7, 11) is 1.33. The van der Waals surface area contributed by atoms with Gasteiger partial charge in [-0.05, 0) is 23.1 Å². The van der Waals surface area contributed by atoms with Gasteiger partial charge in [-0.1, -0.05) is 31.5 Å². The molecule has 2 unspecified atom stereocenters. The second kappa shape index (κ2) is 5.29. The molecule has 0 saturated heterocycles. The van der Waals surface area contributed by atoms with Crippen LogP contribution in [0.4, 0.5) is 8.78 Å². The van der Waals surface area contributed by atoms with Crippen LogP contribution in [0.5, 0.6) is 5.75 Å². The van der Waals surface area contributed by atoms with E-state index in [0.29, 0.717) is 0 Å². The fraction of sp³-hybridized carbons (Fsp3) is 0.500.